The SMILES string of the molecule is CSc1nc2c(c(N3CCN(C(=O)O)[C@](CC#N)(Cc4ccccc4)C3)n1)CCNC2. The molecule has 1 atom stereocenters. The van der Waals surface area contributed by atoms with Crippen LogP contribution in [0.4, 0.5) is 10.6 Å². The molecular weight excluding hydrogens is 412 g/mol. The number of nitrogens with one attached hydrogen (secondary N) is 1. The lowest BCUT2D eigenvalue weighted by atomic mass is 9.83. The van der Waals surface area contributed by atoms with Crippen LogP contribution < -0.4 is 10.2 Å². The van der Waals surface area contributed by atoms with E-state index in [1.165, 1.54) is 16.7 Å². The highest BCUT2D eigenvalue weighted by Gasteiger charge is 2.45. The lowest BCUT2D eigenvalue weighted by Gasteiger charge is -2.49. The standard InChI is InChI=1S/C22H26N6O2S/c1-31-20-25-18-14-24-10-7-17(18)19(26-20)27-11-12-28(21(29)30)22(15-27,8-9-23)13-16-5-3-2-4-6-16/h2-6,24H,7-8,10-15H2,1H3,(H,29,30)/t22-/m1/s1. The van der Waals surface area contributed by atoms with E-state index in [1.807, 2.05) is 36.6 Å². The van der Waals surface area contributed by atoms with Gasteiger partial charge in [-0.05, 0) is 31.2 Å². The average Bonchev–Trinajstić information content (AvgIpc) is 2.78. The van der Waals surface area contributed by atoms with Gasteiger partial charge < -0.3 is 15.3 Å². The Hall–Kier alpha value is -2.83. The Kier molecular flexibility index (Phi) is 6.30. The number of hydrogen-bond donors (Lipinski definition) is 2. The third-order valence-corrected chi connectivity index (χ3v) is 6.59. The van der Waals surface area contributed by atoms with E-state index in [4.69, 9.17) is 4.98 Å². The van der Waals surface area contributed by atoms with Gasteiger partial charge in [0.15, 0.2) is 5.16 Å². The number of fused-ring (bicyclic) bond motifs is 1. The molecule has 2 aliphatic rings. The summed E-state index contributed by atoms with van der Waals surface area (Å²) in [6, 6.07) is 12.1. The highest BCUT2D eigenvalue weighted by Crippen LogP contribution is 2.34. The first-order valence-electron chi connectivity index (χ1n) is 10.4. The monoisotopic (exact) mass is 438 g/mol. The Balaban J connectivity index is 1.75. The fraction of sp³-hybridized carbons (Fsp3) is 0.455. The molecule has 1 amide bonds. The predicted molar refractivity (Wildman–Crippen MR) is 119 cm³/mol. The maximum atomic E-state index is 12.2. The van der Waals surface area contributed by atoms with E-state index in [0.29, 0.717) is 37.8 Å². The topological polar surface area (TPSA) is 105 Å². The highest BCUT2D eigenvalue weighted by molar-refractivity contribution is 7.98. The minimum absolute atomic E-state index is 0.120. The van der Waals surface area contributed by atoms with Crippen molar-refractivity contribution in [3.05, 3.63) is 47.2 Å². The zero-order valence-electron chi connectivity index (χ0n) is 17.5. The minimum Gasteiger partial charge on any atom is -0.465 e. The summed E-state index contributed by atoms with van der Waals surface area (Å²) in [7, 11) is 0. The Bertz CT molecular complexity index is 995. The van der Waals surface area contributed by atoms with E-state index in [-0.39, 0.29) is 6.42 Å². The molecular formula is C22H26N6O2S. The molecule has 0 aliphatic carbocycles. The normalized spacial score (nSPS) is 20.8. The van der Waals surface area contributed by atoms with Crippen LogP contribution in [0.15, 0.2) is 35.5 Å². The van der Waals surface area contributed by atoms with Gasteiger partial charge in [-0.2, -0.15) is 5.26 Å². The van der Waals surface area contributed by atoms with Crippen molar-refractivity contribution in [2.45, 2.75) is 36.5 Å². The molecule has 2 aliphatic heterocycles. The van der Waals surface area contributed by atoms with Crippen molar-refractivity contribution in [1.82, 2.24) is 20.2 Å². The fourth-order valence-corrected chi connectivity index (χ4v) is 4.99. The summed E-state index contributed by atoms with van der Waals surface area (Å²) in [5, 5.41) is 23.7. The van der Waals surface area contributed by atoms with Crippen LogP contribution in [0.3, 0.4) is 0 Å². The molecule has 2 aromatic rings. The van der Waals surface area contributed by atoms with Gasteiger partial charge in [0.05, 0.1) is 23.7 Å². The Morgan fingerprint density at radius 1 is 1.32 bits per heavy atom. The van der Waals surface area contributed by atoms with Crippen molar-refractivity contribution in [3.63, 3.8) is 0 Å². The number of benzene rings is 1. The summed E-state index contributed by atoms with van der Waals surface area (Å²) in [6.07, 6.45) is 2.41. The molecule has 0 bridgehead atoms. The Morgan fingerprint density at radius 3 is 2.84 bits per heavy atom. The number of rotatable bonds is 5. The van der Waals surface area contributed by atoms with Crippen LogP contribution in [-0.4, -0.2) is 64.0 Å². The molecule has 0 saturated carbocycles. The summed E-state index contributed by atoms with van der Waals surface area (Å²) < 4.78 is 0. The van der Waals surface area contributed by atoms with Crippen LogP contribution in [0.5, 0.6) is 0 Å². The number of thioether (sulfide) groups is 1. The molecule has 0 spiro atoms. The van der Waals surface area contributed by atoms with Gasteiger partial charge in [-0.25, -0.2) is 14.8 Å². The maximum absolute atomic E-state index is 12.2. The highest BCUT2D eigenvalue weighted by atomic mass is 32.2. The number of carboxylic acid groups (broad SMARTS) is 1. The van der Waals surface area contributed by atoms with Gasteiger partial charge in [0.25, 0.3) is 0 Å². The number of piperazine rings is 1. The van der Waals surface area contributed by atoms with Crippen LogP contribution in [0.1, 0.15) is 23.2 Å². The van der Waals surface area contributed by atoms with Crippen LogP contribution in [0.25, 0.3) is 0 Å². The first-order chi connectivity index (χ1) is 15.1. The van der Waals surface area contributed by atoms with Crippen LogP contribution in [0.2, 0.25) is 0 Å². The lowest BCUT2D eigenvalue weighted by Crippen LogP contribution is -2.65. The van der Waals surface area contributed by atoms with Crippen molar-refractivity contribution in [2.24, 2.45) is 0 Å². The zero-order valence-corrected chi connectivity index (χ0v) is 18.4. The van der Waals surface area contributed by atoms with Crippen molar-refractivity contribution in [2.75, 3.05) is 37.3 Å². The van der Waals surface area contributed by atoms with Crippen molar-refractivity contribution >= 4 is 23.7 Å². The number of hydrogen-bond acceptors (Lipinski definition) is 7. The summed E-state index contributed by atoms with van der Waals surface area (Å²) >= 11 is 1.50. The molecule has 1 fully saturated rings. The van der Waals surface area contributed by atoms with E-state index in [0.717, 1.165) is 35.6 Å². The van der Waals surface area contributed by atoms with E-state index in [1.54, 1.807) is 0 Å². The number of aromatic nitrogens is 2. The number of anilines is 1. The second-order valence-corrected chi connectivity index (χ2v) is 8.74. The lowest BCUT2D eigenvalue weighted by molar-refractivity contribution is 0.0668. The largest absolute Gasteiger partial charge is 0.465 e. The molecule has 4 rings (SSSR count). The van der Waals surface area contributed by atoms with Crippen LogP contribution in [0, 0.1) is 11.3 Å². The van der Waals surface area contributed by atoms with Crippen molar-refractivity contribution < 1.29 is 9.90 Å². The quantitative estimate of drug-likeness (QED) is 0.542. The Labute approximate surface area is 186 Å². The van der Waals surface area contributed by atoms with Gasteiger partial charge in [0, 0.05) is 31.7 Å². The summed E-state index contributed by atoms with van der Waals surface area (Å²) in [6.45, 7) is 2.87. The van der Waals surface area contributed by atoms with Crippen LogP contribution in [-0.2, 0) is 19.4 Å². The number of amides is 1. The van der Waals surface area contributed by atoms with E-state index < -0.39 is 11.6 Å². The van der Waals surface area contributed by atoms with E-state index in [9.17, 15) is 15.2 Å². The van der Waals surface area contributed by atoms with Gasteiger partial charge in [-0.15, -0.1) is 0 Å². The van der Waals surface area contributed by atoms with Gasteiger partial charge in [0.1, 0.15) is 5.82 Å². The molecule has 162 valence electrons. The number of nitriles is 1. The predicted octanol–water partition coefficient (Wildman–Crippen LogP) is 2.54. The second kappa shape index (κ2) is 9.12. The van der Waals surface area contributed by atoms with Gasteiger partial charge in [0.2, 0.25) is 0 Å². The molecule has 1 aromatic carbocycles. The third-order valence-electron chi connectivity index (χ3n) is 6.04. The fourth-order valence-electron chi connectivity index (χ4n) is 4.62. The van der Waals surface area contributed by atoms with E-state index in [2.05, 4.69) is 21.3 Å². The first-order valence-corrected chi connectivity index (χ1v) is 11.6. The molecule has 8 nitrogen and oxygen atoms in total. The summed E-state index contributed by atoms with van der Waals surface area (Å²) in [4.78, 5) is 25.3. The average molecular weight is 439 g/mol. The Morgan fingerprint density at radius 2 is 2.13 bits per heavy atom. The van der Waals surface area contributed by atoms with Gasteiger partial charge >= 0.3 is 6.09 Å². The summed E-state index contributed by atoms with van der Waals surface area (Å²) in [5.41, 5.74) is 2.32. The molecule has 0 unspecified atom stereocenters. The molecule has 3 heterocycles. The summed E-state index contributed by atoms with van der Waals surface area (Å²) in [5.74, 6) is 0.885. The molecule has 9 heteroatoms. The number of nitrogens with zero attached hydrogens (tertiary/aromatic N) is 5. The maximum Gasteiger partial charge on any atom is 0.407 e. The molecule has 2 N–H and O–H groups in total. The van der Waals surface area contributed by atoms with Crippen LogP contribution >= 0.6 is 11.8 Å². The zero-order chi connectivity index (χ0) is 21.8. The first kappa shape index (κ1) is 21.4. The van der Waals surface area contributed by atoms with Gasteiger partial charge in [-0.3, -0.25) is 4.90 Å². The van der Waals surface area contributed by atoms with Gasteiger partial charge in [-0.1, -0.05) is 42.1 Å². The second-order valence-electron chi connectivity index (χ2n) is 7.96. The molecule has 31 heavy (non-hydrogen) atoms. The smallest absolute Gasteiger partial charge is 0.407 e. The van der Waals surface area contributed by atoms with Crippen molar-refractivity contribution in [3.8, 4) is 6.07 Å². The number of carbonyl (C=O) groups is 1. The minimum atomic E-state index is -0.982. The van der Waals surface area contributed by atoms with E-state index >= 15 is 0 Å². The van der Waals surface area contributed by atoms with Crippen molar-refractivity contribution in [1.29, 1.82) is 5.26 Å². The molecule has 1 aromatic heterocycles. The molecule has 1 saturated heterocycles. The molecule has 0 radical (unpaired) electrons. The third kappa shape index (κ3) is 4.31.